The number of benzene rings is 1. The number of aromatic hydroxyl groups is 2. The lowest BCUT2D eigenvalue weighted by Crippen LogP contribution is -2.28. The molecule has 0 unspecified atom stereocenters. The molecular formula is C12H13NO5. The van der Waals surface area contributed by atoms with Crippen molar-refractivity contribution in [3.05, 3.63) is 36.4 Å². The van der Waals surface area contributed by atoms with Gasteiger partial charge < -0.3 is 20.3 Å². The molecule has 0 aliphatic carbocycles. The maximum absolute atomic E-state index is 11.5. The number of esters is 1. The molecule has 0 fully saturated rings. The van der Waals surface area contributed by atoms with Crippen LogP contribution in [-0.2, 0) is 9.53 Å². The van der Waals surface area contributed by atoms with E-state index in [1.165, 1.54) is 18.2 Å². The first kappa shape index (κ1) is 13.6. The van der Waals surface area contributed by atoms with E-state index in [0.717, 1.165) is 6.07 Å². The van der Waals surface area contributed by atoms with Crippen LogP contribution in [-0.4, -0.2) is 35.2 Å². The predicted octanol–water partition coefficient (Wildman–Crippen LogP) is 0.557. The summed E-state index contributed by atoms with van der Waals surface area (Å²) in [6, 6.07) is 3.44. The van der Waals surface area contributed by atoms with Gasteiger partial charge >= 0.3 is 5.97 Å². The van der Waals surface area contributed by atoms with Gasteiger partial charge in [-0.15, -0.1) is 6.58 Å². The molecule has 0 radical (unpaired) electrons. The van der Waals surface area contributed by atoms with Gasteiger partial charge in [-0.2, -0.15) is 0 Å². The Bertz CT molecular complexity index is 470. The molecule has 3 N–H and O–H groups in total. The van der Waals surface area contributed by atoms with E-state index < -0.39 is 24.2 Å². The molecule has 0 saturated heterocycles. The number of ether oxygens (including phenoxy) is 1. The summed E-state index contributed by atoms with van der Waals surface area (Å²) < 4.78 is 4.68. The second kappa shape index (κ2) is 6.29. The third-order valence-corrected chi connectivity index (χ3v) is 1.98. The number of rotatable bonds is 5. The van der Waals surface area contributed by atoms with Gasteiger partial charge in [-0.05, 0) is 12.1 Å². The largest absolute Gasteiger partial charge is 0.508 e. The molecule has 0 aliphatic heterocycles. The Balaban J connectivity index is 2.55. The van der Waals surface area contributed by atoms with Crippen molar-refractivity contribution in [3.63, 3.8) is 0 Å². The molecule has 6 heteroatoms. The van der Waals surface area contributed by atoms with Crippen molar-refractivity contribution in [1.82, 2.24) is 5.32 Å². The van der Waals surface area contributed by atoms with Crippen LogP contribution in [0.15, 0.2) is 30.9 Å². The van der Waals surface area contributed by atoms with Gasteiger partial charge in [0.15, 0.2) is 6.61 Å². The number of amides is 1. The minimum Gasteiger partial charge on any atom is -0.508 e. The molecule has 0 spiro atoms. The maximum Gasteiger partial charge on any atom is 0.342 e. The van der Waals surface area contributed by atoms with Crippen molar-refractivity contribution in [2.45, 2.75) is 0 Å². The quantitative estimate of drug-likeness (QED) is 0.525. The highest BCUT2D eigenvalue weighted by molar-refractivity contribution is 5.94. The Morgan fingerprint density at radius 2 is 2.11 bits per heavy atom. The molecule has 0 aromatic heterocycles. The lowest BCUT2D eigenvalue weighted by molar-refractivity contribution is -0.124. The number of hydrogen-bond acceptors (Lipinski definition) is 5. The lowest BCUT2D eigenvalue weighted by Gasteiger charge is -2.06. The molecule has 18 heavy (non-hydrogen) atoms. The van der Waals surface area contributed by atoms with E-state index in [4.69, 9.17) is 5.11 Å². The SMILES string of the molecule is C=CCNC(=O)COC(=O)c1ccc(O)cc1O. The molecule has 0 aliphatic rings. The first-order valence-corrected chi connectivity index (χ1v) is 5.11. The zero-order valence-electron chi connectivity index (χ0n) is 9.55. The van der Waals surface area contributed by atoms with E-state index in [1.54, 1.807) is 0 Å². The molecule has 1 aromatic rings. The number of nitrogens with one attached hydrogen (secondary N) is 1. The Kier molecular flexibility index (Phi) is 4.74. The molecule has 6 nitrogen and oxygen atoms in total. The Morgan fingerprint density at radius 1 is 1.39 bits per heavy atom. The first-order valence-electron chi connectivity index (χ1n) is 5.11. The summed E-state index contributed by atoms with van der Waals surface area (Å²) in [7, 11) is 0. The zero-order chi connectivity index (χ0) is 13.5. The molecule has 0 heterocycles. The van der Waals surface area contributed by atoms with Gasteiger partial charge in [0.1, 0.15) is 17.1 Å². The molecule has 1 aromatic carbocycles. The van der Waals surface area contributed by atoms with Gasteiger partial charge in [0.2, 0.25) is 0 Å². The van der Waals surface area contributed by atoms with E-state index in [0.29, 0.717) is 0 Å². The molecule has 0 saturated carbocycles. The second-order valence-corrected chi connectivity index (χ2v) is 3.37. The molecule has 0 atom stereocenters. The highest BCUT2D eigenvalue weighted by Gasteiger charge is 2.14. The fourth-order valence-electron chi connectivity index (χ4n) is 1.14. The standard InChI is InChI=1S/C12H13NO5/c1-2-5-13-11(16)7-18-12(17)9-4-3-8(14)6-10(9)15/h2-4,6,14-15H,1,5,7H2,(H,13,16). The normalized spacial score (nSPS) is 9.56. The summed E-state index contributed by atoms with van der Waals surface area (Å²) in [5.41, 5.74) is -0.121. The van der Waals surface area contributed by atoms with E-state index >= 15 is 0 Å². The van der Waals surface area contributed by atoms with Crippen molar-refractivity contribution in [2.24, 2.45) is 0 Å². The summed E-state index contributed by atoms with van der Waals surface area (Å²) in [6.07, 6.45) is 1.49. The fourth-order valence-corrected chi connectivity index (χ4v) is 1.14. The van der Waals surface area contributed by atoms with Crippen LogP contribution >= 0.6 is 0 Å². The van der Waals surface area contributed by atoms with E-state index in [1.807, 2.05) is 0 Å². The predicted molar refractivity (Wildman–Crippen MR) is 63.3 cm³/mol. The number of phenolic OH excluding ortho intramolecular Hbond substituents is 2. The van der Waals surface area contributed by atoms with Crippen molar-refractivity contribution in [1.29, 1.82) is 0 Å². The van der Waals surface area contributed by atoms with Crippen LogP contribution in [0.5, 0.6) is 11.5 Å². The van der Waals surface area contributed by atoms with Crippen LogP contribution in [0.2, 0.25) is 0 Å². The van der Waals surface area contributed by atoms with Gasteiger partial charge in [-0.25, -0.2) is 4.79 Å². The van der Waals surface area contributed by atoms with Crippen LogP contribution in [0.4, 0.5) is 0 Å². The number of phenols is 2. The average Bonchev–Trinajstić information content (AvgIpc) is 2.33. The maximum atomic E-state index is 11.5. The van der Waals surface area contributed by atoms with Gasteiger partial charge in [0.25, 0.3) is 5.91 Å². The van der Waals surface area contributed by atoms with E-state index in [2.05, 4.69) is 16.6 Å². The van der Waals surface area contributed by atoms with Crippen molar-refractivity contribution in [2.75, 3.05) is 13.2 Å². The van der Waals surface area contributed by atoms with Gasteiger partial charge in [0.05, 0.1) is 0 Å². The van der Waals surface area contributed by atoms with Crippen molar-refractivity contribution >= 4 is 11.9 Å². The van der Waals surface area contributed by atoms with Gasteiger partial charge in [0, 0.05) is 12.6 Å². The van der Waals surface area contributed by atoms with Crippen LogP contribution < -0.4 is 5.32 Å². The van der Waals surface area contributed by atoms with Crippen molar-refractivity contribution in [3.8, 4) is 11.5 Å². The number of hydrogen-bond donors (Lipinski definition) is 3. The summed E-state index contributed by atoms with van der Waals surface area (Å²) in [4.78, 5) is 22.6. The Morgan fingerprint density at radius 3 is 2.72 bits per heavy atom. The molecule has 1 amide bonds. The topological polar surface area (TPSA) is 95.9 Å². The summed E-state index contributed by atoms with van der Waals surface area (Å²) >= 11 is 0. The fraction of sp³-hybridized carbons (Fsp3) is 0.167. The summed E-state index contributed by atoms with van der Waals surface area (Å²) in [5.74, 6) is -1.90. The highest BCUT2D eigenvalue weighted by Crippen LogP contribution is 2.22. The van der Waals surface area contributed by atoms with Gasteiger partial charge in [-0.3, -0.25) is 4.79 Å². The van der Waals surface area contributed by atoms with Crippen LogP contribution in [0.3, 0.4) is 0 Å². The monoisotopic (exact) mass is 251 g/mol. The van der Waals surface area contributed by atoms with Crippen LogP contribution in [0.25, 0.3) is 0 Å². The van der Waals surface area contributed by atoms with E-state index in [-0.39, 0.29) is 17.9 Å². The van der Waals surface area contributed by atoms with Crippen molar-refractivity contribution < 1.29 is 24.5 Å². The lowest BCUT2D eigenvalue weighted by atomic mass is 10.2. The minimum absolute atomic E-state index is 0.121. The van der Waals surface area contributed by atoms with Gasteiger partial charge in [-0.1, -0.05) is 6.08 Å². The summed E-state index contributed by atoms with van der Waals surface area (Å²) in [6.45, 7) is 3.24. The molecule has 0 bridgehead atoms. The number of carbonyl (C=O) groups is 2. The summed E-state index contributed by atoms with van der Waals surface area (Å²) in [5, 5.41) is 20.9. The second-order valence-electron chi connectivity index (χ2n) is 3.37. The highest BCUT2D eigenvalue weighted by atomic mass is 16.5. The molecular weight excluding hydrogens is 238 g/mol. The third kappa shape index (κ3) is 3.82. The first-order chi connectivity index (χ1) is 8.54. The smallest absolute Gasteiger partial charge is 0.342 e. The molecule has 1 rings (SSSR count). The van der Waals surface area contributed by atoms with Crippen LogP contribution in [0, 0.1) is 0 Å². The minimum atomic E-state index is -0.846. The van der Waals surface area contributed by atoms with E-state index in [9.17, 15) is 14.7 Å². The number of carbonyl (C=O) groups excluding carboxylic acids is 2. The van der Waals surface area contributed by atoms with Crippen LogP contribution in [0.1, 0.15) is 10.4 Å². The molecule has 96 valence electrons. The Labute approximate surface area is 104 Å². The Hall–Kier alpha value is -2.50. The zero-order valence-corrected chi connectivity index (χ0v) is 9.55. The average molecular weight is 251 g/mol. The third-order valence-electron chi connectivity index (χ3n) is 1.98.